The van der Waals surface area contributed by atoms with Gasteiger partial charge in [-0.3, -0.25) is 19.8 Å². The highest BCUT2D eigenvalue weighted by Gasteiger charge is 2.35. The highest BCUT2D eigenvalue weighted by Crippen LogP contribution is 2.32. The van der Waals surface area contributed by atoms with Gasteiger partial charge in [0.2, 0.25) is 0 Å². The smallest absolute Gasteiger partial charge is 0.270 e. The molecule has 0 aromatic heterocycles. The summed E-state index contributed by atoms with van der Waals surface area (Å²) in [5.41, 5.74) is 0.996. The van der Waals surface area contributed by atoms with Crippen molar-refractivity contribution in [3.05, 3.63) is 63.9 Å². The number of hydrogen-bond donors (Lipinski definition) is 1. The van der Waals surface area contributed by atoms with Crippen LogP contribution in [0.2, 0.25) is 5.02 Å². The standard InChI is InChI=1S/C19H12ClFN2O4S/c20-12-1-3-14(4-2-12)23-18(25)15(17(24)22-19(23)28)7-10-5-13(21)6-11-8-26-9-27-16(10)11/h1-7H,8-9H2,(H,22,24,28). The molecule has 0 spiro atoms. The number of anilines is 1. The Kier molecular flexibility index (Phi) is 4.84. The number of carbonyl (C=O) groups is 2. The maximum Gasteiger partial charge on any atom is 0.270 e. The molecule has 0 aliphatic carbocycles. The molecule has 0 atom stereocenters. The molecule has 1 fully saturated rings. The summed E-state index contributed by atoms with van der Waals surface area (Å²) in [6, 6.07) is 8.89. The summed E-state index contributed by atoms with van der Waals surface area (Å²) in [5.74, 6) is -1.48. The molecule has 0 unspecified atom stereocenters. The Bertz CT molecular complexity index is 1040. The van der Waals surface area contributed by atoms with Crippen molar-refractivity contribution in [2.45, 2.75) is 6.61 Å². The SMILES string of the molecule is O=C1NC(=S)N(c2ccc(Cl)cc2)C(=O)C1=Cc1cc(F)cc2c1OCOC2. The Balaban J connectivity index is 1.78. The summed E-state index contributed by atoms with van der Waals surface area (Å²) in [5, 5.41) is 2.91. The first-order valence-electron chi connectivity index (χ1n) is 8.14. The van der Waals surface area contributed by atoms with Crippen LogP contribution < -0.4 is 15.0 Å². The molecule has 2 aromatic rings. The van der Waals surface area contributed by atoms with Crippen LogP contribution in [0.5, 0.6) is 5.75 Å². The van der Waals surface area contributed by atoms with Crippen molar-refractivity contribution < 1.29 is 23.5 Å². The Labute approximate surface area is 169 Å². The van der Waals surface area contributed by atoms with Crippen molar-refractivity contribution in [3.63, 3.8) is 0 Å². The van der Waals surface area contributed by atoms with Crippen molar-refractivity contribution in [1.29, 1.82) is 0 Å². The Morgan fingerprint density at radius 2 is 1.96 bits per heavy atom. The minimum atomic E-state index is -0.676. The second kappa shape index (κ2) is 7.31. The molecule has 2 amide bonds. The number of nitrogens with one attached hydrogen (secondary N) is 1. The van der Waals surface area contributed by atoms with Gasteiger partial charge in [0, 0.05) is 16.1 Å². The lowest BCUT2D eigenvalue weighted by molar-refractivity contribution is -0.122. The van der Waals surface area contributed by atoms with E-state index in [0.717, 1.165) is 0 Å². The molecule has 0 radical (unpaired) electrons. The molecule has 142 valence electrons. The highest BCUT2D eigenvalue weighted by molar-refractivity contribution is 7.80. The summed E-state index contributed by atoms with van der Waals surface area (Å²) in [4.78, 5) is 26.6. The average Bonchev–Trinajstić information content (AvgIpc) is 2.66. The summed E-state index contributed by atoms with van der Waals surface area (Å²) in [6.07, 6.45) is 1.29. The van der Waals surface area contributed by atoms with E-state index in [4.69, 9.17) is 33.3 Å². The Morgan fingerprint density at radius 1 is 1.21 bits per heavy atom. The van der Waals surface area contributed by atoms with E-state index >= 15 is 0 Å². The zero-order valence-electron chi connectivity index (χ0n) is 14.2. The lowest BCUT2D eigenvalue weighted by atomic mass is 10.0. The van der Waals surface area contributed by atoms with Gasteiger partial charge in [0.25, 0.3) is 11.8 Å². The van der Waals surface area contributed by atoms with E-state index in [1.807, 2.05) is 0 Å². The number of nitrogens with zero attached hydrogens (tertiary/aromatic N) is 1. The molecule has 1 saturated heterocycles. The van der Waals surface area contributed by atoms with Crippen LogP contribution in [0, 0.1) is 5.82 Å². The van der Waals surface area contributed by atoms with E-state index in [1.165, 1.54) is 23.1 Å². The molecule has 2 aliphatic heterocycles. The van der Waals surface area contributed by atoms with Gasteiger partial charge in [-0.05, 0) is 54.7 Å². The van der Waals surface area contributed by atoms with Gasteiger partial charge in [-0.2, -0.15) is 0 Å². The molecular weight excluding hydrogens is 407 g/mol. The summed E-state index contributed by atoms with van der Waals surface area (Å²) >= 11 is 11.0. The third-order valence-corrected chi connectivity index (χ3v) is 4.73. The lowest BCUT2D eigenvalue weighted by Crippen LogP contribution is -2.54. The second-order valence-electron chi connectivity index (χ2n) is 6.03. The zero-order chi connectivity index (χ0) is 19.8. The molecule has 0 bridgehead atoms. The van der Waals surface area contributed by atoms with Crippen LogP contribution in [-0.2, 0) is 20.9 Å². The number of benzene rings is 2. The minimum absolute atomic E-state index is 0.00403. The Hall–Kier alpha value is -2.81. The van der Waals surface area contributed by atoms with Crippen LogP contribution in [0.25, 0.3) is 6.08 Å². The molecule has 1 N–H and O–H groups in total. The van der Waals surface area contributed by atoms with Crippen LogP contribution in [0.15, 0.2) is 42.0 Å². The molecule has 2 aliphatic rings. The number of carbonyl (C=O) groups excluding carboxylic acids is 2. The maximum absolute atomic E-state index is 14.0. The molecule has 4 rings (SSSR count). The van der Waals surface area contributed by atoms with Gasteiger partial charge in [-0.25, -0.2) is 4.39 Å². The molecular formula is C19H12ClFN2O4S. The topological polar surface area (TPSA) is 67.9 Å². The lowest BCUT2D eigenvalue weighted by Gasteiger charge is -2.29. The predicted octanol–water partition coefficient (Wildman–Crippen LogP) is 3.18. The normalized spacial score (nSPS) is 18.0. The fraction of sp³-hybridized carbons (Fsp3) is 0.105. The van der Waals surface area contributed by atoms with Gasteiger partial charge < -0.3 is 9.47 Å². The third-order valence-electron chi connectivity index (χ3n) is 4.19. The quantitative estimate of drug-likeness (QED) is 0.461. The van der Waals surface area contributed by atoms with Gasteiger partial charge in [-0.1, -0.05) is 11.6 Å². The van der Waals surface area contributed by atoms with Crippen LogP contribution in [-0.4, -0.2) is 23.7 Å². The largest absolute Gasteiger partial charge is 0.467 e. The van der Waals surface area contributed by atoms with E-state index in [1.54, 1.807) is 24.3 Å². The number of hydrogen-bond acceptors (Lipinski definition) is 5. The number of amides is 2. The molecule has 6 nitrogen and oxygen atoms in total. The fourth-order valence-electron chi connectivity index (χ4n) is 2.95. The van der Waals surface area contributed by atoms with Crippen LogP contribution in [0.3, 0.4) is 0 Å². The number of fused-ring (bicyclic) bond motifs is 1. The van der Waals surface area contributed by atoms with Gasteiger partial charge in [-0.15, -0.1) is 0 Å². The number of thiocarbonyl (C=S) groups is 1. The van der Waals surface area contributed by atoms with E-state index in [2.05, 4.69) is 5.32 Å². The van der Waals surface area contributed by atoms with E-state index in [-0.39, 0.29) is 29.6 Å². The van der Waals surface area contributed by atoms with Crippen molar-refractivity contribution in [2.24, 2.45) is 0 Å². The molecule has 2 heterocycles. The van der Waals surface area contributed by atoms with Crippen molar-refractivity contribution in [2.75, 3.05) is 11.7 Å². The molecule has 9 heteroatoms. The van der Waals surface area contributed by atoms with E-state index in [9.17, 15) is 14.0 Å². The van der Waals surface area contributed by atoms with Crippen LogP contribution in [0.1, 0.15) is 11.1 Å². The summed E-state index contributed by atoms with van der Waals surface area (Å²) < 4.78 is 24.6. The maximum atomic E-state index is 14.0. The predicted molar refractivity (Wildman–Crippen MR) is 104 cm³/mol. The monoisotopic (exact) mass is 418 g/mol. The van der Waals surface area contributed by atoms with Crippen molar-refractivity contribution in [1.82, 2.24) is 5.32 Å². The van der Waals surface area contributed by atoms with Gasteiger partial charge >= 0.3 is 0 Å². The van der Waals surface area contributed by atoms with E-state index in [0.29, 0.717) is 22.0 Å². The first kappa shape index (κ1) is 18.5. The average molecular weight is 419 g/mol. The fourth-order valence-corrected chi connectivity index (χ4v) is 3.36. The summed E-state index contributed by atoms with van der Waals surface area (Å²) in [6.45, 7) is 0.167. The number of ether oxygens (including phenoxy) is 2. The van der Waals surface area contributed by atoms with Gasteiger partial charge in [0.15, 0.2) is 11.9 Å². The van der Waals surface area contributed by atoms with Gasteiger partial charge in [0.1, 0.15) is 17.1 Å². The van der Waals surface area contributed by atoms with Crippen LogP contribution >= 0.6 is 23.8 Å². The van der Waals surface area contributed by atoms with Gasteiger partial charge in [0.05, 0.1) is 12.3 Å². The minimum Gasteiger partial charge on any atom is -0.467 e. The number of halogens is 2. The second-order valence-corrected chi connectivity index (χ2v) is 6.85. The molecule has 2 aromatic carbocycles. The van der Waals surface area contributed by atoms with Crippen molar-refractivity contribution in [3.8, 4) is 5.75 Å². The zero-order valence-corrected chi connectivity index (χ0v) is 15.8. The Morgan fingerprint density at radius 3 is 2.71 bits per heavy atom. The molecule has 28 heavy (non-hydrogen) atoms. The molecule has 0 saturated carbocycles. The van der Waals surface area contributed by atoms with Crippen molar-refractivity contribution >= 4 is 52.5 Å². The first-order valence-corrected chi connectivity index (χ1v) is 8.92. The third kappa shape index (κ3) is 3.37. The highest BCUT2D eigenvalue weighted by atomic mass is 35.5. The first-order chi connectivity index (χ1) is 13.4. The number of rotatable bonds is 2. The summed E-state index contributed by atoms with van der Waals surface area (Å²) in [7, 11) is 0. The van der Waals surface area contributed by atoms with Crippen LogP contribution in [0.4, 0.5) is 10.1 Å². The van der Waals surface area contributed by atoms with E-state index < -0.39 is 17.6 Å².